The molecule has 7 heteroatoms. The van der Waals surface area contributed by atoms with Gasteiger partial charge < -0.3 is 0 Å². The lowest BCUT2D eigenvalue weighted by Gasteiger charge is -2.06. The van der Waals surface area contributed by atoms with Gasteiger partial charge >= 0.3 is 0 Å². The molecule has 4 nitrogen and oxygen atoms in total. The standard InChI is InChI=1S/C11H13F2N3OS/c1-6-4-5-7(10(12)13)8-9(6)16(2)14-11(8)15-18(3)17/h4-5,10H,1-3H3,(H,14,15). The molecule has 0 aliphatic carbocycles. The molecule has 0 aliphatic rings. The summed E-state index contributed by atoms with van der Waals surface area (Å²) in [5.41, 5.74) is 1.37. The summed E-state index contributed by atoms with van der Waals surface area (Å²) < 4.78 is 41.3. The molecule has 1 N–H and O–H groups in total. The SMILES string of the molecule is Cc1ccc(C(F)F)c2c(NS(C)=O)nn(C)c12. The van der Waals surface area contributed by atoms with Gasteiger partial charge in [-0.25, -0.2) is 13.0 Å². The normalized spacial score (nSPS) is 13.2. The summed E-state index contributed by atoms with van der Waals surface area (Å²) >= 11 is 0. The van der Waals surface area contributed by atoms with Gasteiger partial charge in [-0.1, -0.05) is 12.1 Å². The average Bonchev–Trinajstić information content (AvgIpc) is 2.56. The van der Waals surface area contributed by atoms with Crippen LogP contribution in [0.2, 0.25) is 0 Å². The molecular weight excluding hydrogens is 260 g/mol. The number of alkyl halides is 2. The molecule has 1 aromatic carbocycles. The Labute approximate surface area is 106 Å². The maximum Gasteiger partial charge on any atom is 0.264 e. The second-order valence-electron chi connectivity index (χ2n) is 4.02. The predicted octanol–water partition coefficient (Wildman–Crippen LogP) is 2.52. The van der Waals surface area contributed by atoms with Gasteiger partial charge in [0.1, 0.15) is 11.0 Å². The fourth-order valence-electron chi connectivity index (χ4n) is 2.02. The van der Waals surface area contributed by atoms with Crippen molar-refractivity contribution in [1.82, 2.24) is 9.78 Å². The van der Waals surface area contributed by atoms with Crippen LogP contribution in [-0.2, 0) is 18.0 Å². The van der Waals surface area contributed by atoms with Crippen molar-refractivity contribution in [2.75, 3.05) is 11.0 Å². The molecule has 98 valence electrons. The molecule has 0 aliphatic heterocycles. The van der Waals surface area contributed by atoms with Gasteiger partial charge in [0.2, 0.25) is 0 Å². The van der Waals surface area contributed by atoms with Crippen molar-refractivity contribution >= 4 is 27.7 Å². The molecule has 2 rings (SSSR count). The number of aromatic nitrogens is 2. The summed E-state index contributed by atoms with van der Waals surface area (Å²) in [5, 5.41) is 4.45. The van der Waals surface area contributed by atoms with Gasteiger partial charge in [-0.15, -0.1) is 0 Å². The van der Waals surface area contributed by atoms with Gasteiger partial charge in [-0.3, -0.25) is 9.40 Å². The number of halogens is 2. The van der Waals surface area contributed by atoms with Crippen molar-refractivity contribution in [2.24, 2.45) is 7.05 Å². The lowest BCUT2D eigenvalue weighted by Crippen LogP contribution is -2.03. The molecule has 1 atom stereocenters. The quantitative estimate of drug-likeness (QED) is 0.934. The summed E-state index contributed by atoms with van der Waals surface area (Å²) in [7, 11) is 0.317. The van der Waals surface area contributed by atoms with Crippen molar-refractivity contribution in [2.45, 2.75) is 13.3 Å². The van der Waals surface area contributed by atoms with E-state index in [-0.39, 0.29) is 11.4 Å². The fraction of sp³-hybridized carbons (Fsp3) is 0.364. The highest BCUT2D eigenvalue weighted by Gasteiger charge is 2.20. The molecule has 0 saturated carbocycles. The van der Waals surface area contributed by atoms with Gasteiger partial charge in [0.15, 0.2) is 5.82 Å². The summed E-state index contributed by atoms with van der Waals surface area (Å²) in [6.07, 6.45) is -1.17. The van der Waals surface area contributed by atoms with E-state index in [1.54, 1.807) is 13.1 Å². The second kappa shape index (κ2) is 4.64. The lowest BCUT2D eigenvalue weighted by atomic mass is 10.1. The number of fused-ring (bicyclic) bond motifs is 1. The van der Waals surface area contributed by atoms with Crippen LogP contribution in [0, 0.1) is 6.92 Å². The van der Waals surface area contributed by atoms with Crippen LogP contribution >= 0.6 is 0 Å². The van der Waals surface area contributed by atoms with Crippen LogP contribution in [0.3, 0.4) is 0 Å². The Morgan fingerprint density at radius 3 is 2.67 bits per heavy atom. The number of hydrogen-bond donors (Lipinski definition) is 1. The number of nitrogens with zero attached hydrogens (tertiary/aromatic N) is 2. The zero-order valence-electron chi connectivity index (χ0n) is 10.2. The minimum absolute atomic E-state index is 0.100. The largest absolute Gasteiger partial charge is 0.288 e. The van der Waals surface area contributed by atoms with Crippen LogP contribution in [0.25, 0.3) is 10.9 Å². The Morgan fingerprint density at radius 1 is 1.44 bits per heavy atom. The van der Waals surface area contributed by atoms with Crippen molar-refractivity contribution in [3.05, 3.63) is 23.3 Å². The van der Waals surface area contributed by atoms with Gasteiger partial charge in [0.05, 0.1) is 10.9 Å². The van der Waals surface area contributed by atoms with E-state index in [9.17, 15) is 13.0 Å². The van der Waals surface area contributed by atoms with E-state index in [1.807, 2.05) is 6.92 Å². The van der Waals surface area contributed by atoms with E-state index in [4.69, 9.17) is 0 Å². The van der Waals surface area contributed by atoms with E-state index < -0.39 is 17.4 Å². The van der Waals surface area contributed by atoms with E-state index in [0.29, 0.717) is 10.9 Å². The number of anilines is 1. The highest BCUT2D eigenvalue weighted by atomic mass is 32.2. The summed E-state index contributed by atoms with van der Waals surface area (Å²) in [6.45, 7) is 1.83. The fourth-order valence-corrected chi connectivity index (χ4v) is 2.43. The third kappa shape index (κ3) is 2.10. The van der Waals surface area contributed by atoms with Crippen LogP contribution in [0.5, 0.6) is 0 Å². The smallest absolute Gasteiger partial charge is 0.264 e. The molecule has 1 heterocycles. The minimum atomic E-state index is -2.59. The average molecular weight is 273 g/mol. The molecule has 1 aromatic heterocycles. The van der Waals surface area contributed by atoms with E-state index in [2.05, 4.69) is 9.82 Å². The van der Waals surface area contributed by atoms with Gasteiger partial charge in [0.25, 0.3) is 6.43 Å². The first kappa shape index (κ1) is 12.9. The summed E-state index contributed by atoms with van der Waals surface area (Å²) in [5.74, 6) is 0.229. The van der Waals surface area contributed by atoms with Crippen LogP contribution in [0.15, 0.2) is 12.1 Å². The van der Waals surface area contributed by atoms with Crippen LogP contribution in [0.1, 0.15) is 17.6 Å². The maximum absolute atomic E-state index is 13.0. The Kier molecular flexibility index (Phi) is 3.34. The Hall–Kier alpha value is -1.50. The predicted molar refractivity (Wildman–Crippen MR) is 68.1 cm³/mol. The topological polar surface area (TPSA) is 46.9 Å². The van der Waals surface area contributed by atoms with E-state index in [1.165, 1.54) is 17.0 Å². The Balaban J connectivity index is 2.80. The molecule has 0 bridgehead atoms. The molecule has 0 radical (unpaired) electrons. The zero-order chi connectivity index (χ0) is 13.4. The third-order valence-electron chi connectivity index (χ3n) is 2.70. The highest BCUT2D eigenvalue weighted by Crippen LogP contribution is 2.34. The first-order chi connectivity index (χ1) is 8.41. The van der Waals surface area contributed by atoms with Crippen molar-refractivity contribution in [3.63, 3.8) is 0 Å². The summed E-state index contributed by atoms with van der Waals surface area (Å²) in [6, 6.07) is 3.02. The molecule has 0 saturated heterocycles. The zero-order valence-corrected chi connectivity index (χ0v) is 11.0. The minimum Gasteiger partial charge on any atom is -0.288 e. The first-order valence-electron chi connectivity index (χ1n) is 5.26. The van der Waals surface area contributed by atoms with E-state index >= 15 is 0 Å². The molecule has 18 heavy (non-hydrogen) atoms. The number of aryl methyl sites for hydroxylation is 2. The summed E-state index contributed by atoms with van der Waals surface area (Å²) in [4.78, 5) is 0. The number of nitrogens with one attached hydrogen (secondary N) is 1. The molecule has 0 spiro atoms. The monoisotopic (exact) mass is 273 g/mol. The van der Waals surface area contributed by atoms with E-state index in [0.717, 1.165) is 5.56 Å². The number of hydrogen-bond acceptors (Lipinski definition) is 2. The van der Waals surface area contributed by atoms with Gasteiger partial charge in [0, 0.05) is 18.9 Å². The third-order valence-corrected chi connectivity index (χ3v) is 3.18. The van der Waals surface area contributed by atoms with Crippen molar-refractivity contribution in [3.8, 4) is 0 Å². The van der Waals surface area contributed by atoms with Crippen molar-refractivity contribution < 1.29 is 13.0 Å². The van der Waals surface area contributed by atoms with Crippen LogP contribution < -0.4 is 4.72 Å². The number of rotatable bonds is 3. The molecule has 1 unspecified atom stereocenters. The van der Waals surface area contributed by atoms with Crippen LogP contribution in [0.4, 0.5) is 14.6 Å². The molecule has 0 fully saturated rings. The van der Waals surface area contributed by atoms with Crippen LogP contribution in [-0.4, -0.2) is 20.2 Å². The van der Waals surface area contributed by atoms with Crippen molar-refractivity contribution in [1.29, 1.82) is 0 Å². The molecule has 2 aromatic rings. The first-order valence-corrected chi connectivity index (χ1v) is 6.82. The Morgan fingerprint density at radius 2 is 2.11 bits per heavy atom. The lowest BCUT2D eigenvalue weighted by molar-refractivity contribution is 0.153. The Bertz CT molecular complexity index is 624. The van der Waals surface area contributed by atoms with Gasteiger partial charge in [-0.2, -0.15) is 5.10 Å². The molecule has 0 amide bonds. The second-order valence-corrected chi connectivity index (χ2v) is 5.14. The maximum atomic E-state index is 13.0. The molecular formula is C11H13F2N3OS. The van der Waals surface area contributed by atoms with Gasteiger partial charge in [-0.05, 0) is 12.5 Å². The highest BCUT2D eigenvalue weighted by molar-refractivity contribution is 7.85. The number of benzene rings is 1.